The van der Waals surface area contributed by atoms with Crippen LogP contribution in [0.5, 0.6) is 28.7 Å². The van der Waals surface area contributed by atoms with Gasteiger partial charge in [0, 0.05) is 68.5 Å². The lowest BCUT2D eigenvalue weighted by molar-refractivity contribution is -0.385. The molecule has 0 aromatic heterocycles. The number of aliphatic hydroxyl groups is 2. The summed E-state index contributed by atoms with van der Waals surface area (Å²) in [6.07, 6.45) is 5.91. The molecule has 4 aromatic carbocycles. The SMILES string of the molecule is C=CCOC12Oc3ccc(OC(=O)NCC)cc3C3C(CCCCO)C(CCCCO)C=C(C(=NOCc4ccc([N+](=O)[O-])cc4)CC1N(Cc1ccc4c(c1)OCO4)C(=O)Oc1ccc([N+](=O)[O-])cc1)C32. The average Bonchev–Trinajstić information content (AvgIpc) is 3.85. The molecule has 0 saturated heterocycles. The van der Waals surface area contributed by atoms with E-state index in [1.165, 1.54) is 41.3 Å². The van der Waals surface area contributed by atoms with E-state index in [0.29, 0.717) is 90.3 Å². The van der Waals surface area contributed by atoms with Gasteiger partial charge in [0.25, 0.3) is 11.4 Å². The molecule has 6 atom stereocenters. The van der Waals surface area contributed by atoms with E-state index in [9.17, 15) is 35.2 Å². The third-order valence-corrected chi connectivity index (χ3v) is 13.4. The van der Waals surface area contributed by atoms with Gasteiger partial charge in [-0.15, -0.1) is 6.58 Å². The zero-order valence-corrected chi connectivity index (χ0v) is 39.7. The summed E-state index contributed by atoms with van der Waals surface area (Å²) >= 11 is 0. The van der Waals surface area contributed by atoms with E-state index >= 15 is 4.79 Å². The Morgan fingerprint density at radius 1 is 0.861 bits per heavy atom. The van der Waals surface area contributed by atoms with Crippen molar-refractivity contribution in [1.29, 1.82) is 0 Å². The topological polar surface area (TPSA) is 253 Å². The Bertz CT molecular complexity index is 2680. The predicted molar refractivity (Wildman–Crippen MR) is 260 cm³/mol. The zero-order chi connectivity index (χ0) is 50.8. The van der Waals surface area contributed by atoms with Crippen molar-refractivity contribution in [2.24, 2.45) is 22.9 Å². The Hall–Kier alpha value is -7.55. The number of unbranched alkanes of at least 4 members (excludes halogenated alkanes) is 2. The number of fused-ring (bicyclic) bond motifs is 3. The van der Waals surface area contributed by atoms with Crippen LogP contribution in [0.1, 0.15) is 74.5 Å². The van der Waals surface area contributed by atoms with Gasteiger partial charge in [-0.3, -0.25) is 25.1 Å². The molecule has 2 aliphatic carbocycles. The monoisotopic (exact) mass is 991 g/mol. The van der Waals surface area contributed by atoms with E-state index in [2.05, 4.69) is 18.0 Å². The number of amides is 2. The summed E-state index contributed by atoms with van der Waals surface area (Å²) in [5, 5.41) is 50.6. The minimum absolute atomic E-state index is 0.000272. The maximum atomic E-state index is 15.2. The van der Waals surface area contributed by atoms with Gasteiger partial charge in [0.15, 0.2) is 11.5 Å². The first-order chi connectivity index (χ1) is 35.0. The van der Waals surface area contributed by atoms with Gasteiger partial charge in [-0.25, -0.2) is 9.59 Å². The second kappa shape index (κ2) is 23.1. The Kier molecular flexibility index (Phi) is 16.3. The third-order valence-electron chi connectivity index (χ3n) is 13.4. The van der Waals surface area contributed by atoms with Crippen molar-refractivity contribution in [1.82, 2.24) is 10.2 Å². The van der Waals surface area contributed by atoms with Gasteiger partial charge in [-0.2, -0.15) is 0 Å². The van der Waals surface area contributed by atoms with Gasteiger partial charge >= 0.3 is 12.2 Å². The molecule has 1 saturated carbocycles. The van der Waals surface area contributed by atoms with E-state index in [4.69, 9.17) is 38.4 Å². The lowest BCUT2D eigenvalue weighted by Gasteiger charge is -2.59. The number of carbonyl (C=O) groups excluding carboxylic acids is 2. The highest BCUT2D eigenvalue weighted by molar-refractivity contribution is 6.03. The van der Waals surface area contributed by atoms with E-state index in [-0.39, 0.29) is 80.9 Å². The van der Waals surface area contributed by atoms with Crippen LogP contribution < -0.4 is 29.0 Å². The first-order valence-electron chi connectivity index (χ1n) is 24.0. The second-order valence-electron chi connectivity index (χ2n) is 17.8. The zero-order valence-electron chi connectivity index (χ0n) is 39.7. The van der Waals surface area contributed by atoms with Crippen molar-refractivity contribution >= 4 is 29.3 Å². The van der Waals surface area contributed by atoms with Gasteiger partial charge in [0.1, 0.15) is 29.9 Å². The first kappa shape index (κ1) is 50.8. The van der Waals surface area contributed by atoms with Gasteiger partial charge in [0.2, 0.25) is 12.6 Å². The number of non-ortho nitro benzene ring substituents is 2. The summed E-state index contributed by atoms with van der Waals surface area (Å²) in [4.78, 5) is 57.8. The average molecular weight is 992 g/mol. The third kappa shape index (κ3) is 11.1. The van der Waals surface area contributed by atoms with Gasteiger partial charge in [-0.1, -0.05) is 36.2 Å². The number of hydrogen-bond acceptors (Lipinski definition) is 16. The van der Waals surface area contributed by atoms with Crippen LogP contribution in [0.4, 0.5) is 21.0 Å². The first-order valence-corrected chi connectivity index (χ1v) is 24.0. The molecule has 3 N–H and O–H groups in total. The molecule has 4 aromatic rings. The molecule has 0 bridgehead atoms. The number of hydrogen-bond donors (Lipinski definition) is 3. The van der Waals surface area contributed by atoms with Crippen molar-refractivity contribution in [2.45, 2.75) is 82.8 Å². The molecule has 2 amide bonds. The fourth-order valence-corrected chi connectivity index (χ4v) is 10.2. The second-order valence-corrected chi connectivity index (χ2v) is 17.8. The maximum absolute atomic E-state index is 15.2. The van der Waals surface area contributed by atoms with E-state index in [1.807, 2.05) is 0 Å². The lowest BCUT2D eigenvalue weighted by Crippen LogP contribution is -2.70. The Morgan fingerprint density at radius 2 is 1.53 bits per heavy atom. The summed E-state index contributed by atoms with van der Waals surface area (Å²) in [5.74, 6) is -1.64. The van der Waals surface area contributed by atoms with E-state index < -0.39 is 45.7 Å². The number of nitrogens with zero attached hydrogens (tertiary/aromatic N) is 4. The number of benzene rings is 4. The highest BCUT2D eigenvalue weighted by Gasteiger charge is 2.66. The van der Waals surface area contributed by atoms with Crippen LogP contribution >= 0.6 is 0 Å². The molecule has 1 fully saturated rings. The number of nitro groups is 2. The van der Waals surface area contributed by atoms with Crippen LogP contribution in [0.3, 0.4) is 0 Å². The number of rotatable bonds is 22. The molecule has 72 heavy (non-hydrogen) atoms. The van der Waals surface area contributed by atoms with E-state index in [0.717, 1.165) is 0 Å². The summed E-state index contributed by atoms with van der Waals surface area (Å²) in [6.45, 7) is 5.86. The molecule has 380 valence electrons. The number of nitro benzene ring substituents is 2. The summed E-state index contributed by atoms with van der Waals surface area (Å²) in [7, 11) is 0. The maximum Gasteiger partial charge on any atom is 0.416 e. The van der Waals surface area contributed by atoms with Crippen LogP contribution in [-0.4, -0.2) is 87.8 Å². The standard InChI is InChI=1S/C52H57N5O15/c1-3-25-68-52-47(55(30-34-13-21-45-46(26-34)67-32-66-45)51(61)71-38-18-16-37(17-19-38)57(64)65)29-43(54-69-31-33-11-14-36(15-12-33)56(62)63)41-27-35(9-5-7-23-58)40(10-6-8-24-59)48(49(41)52)42-28-39(20-22-44(42)72-52)70-50(60)53-4-2/h3,11-22,26-28,35,40,47-49,58-59H,1,4-10,23-25,29-32H2,2H3,(H,53,60). The highest BCUT2D eigenvalue weighted by atomic mass is 16.7. The molecule has 20 nitrogen and oxygen atoms in total. The summed E-state index contributed by atoms with van der Waals surface area (Å²) in [5.41, 5.74) is 2.78. The van der Waals surface area contributed by atoms with Gasteiger partial charge < -0.3 is 48.8 Å². The van der Waals surface area contributed by atoms with Gasteiger partial charge in [0.05, 0.1) is 28.1 Å². The molecule has 0 radical (unpaired) electrons. The lowest BCUT2D eigenvalue weighted by atomic mass is 9.55. The number of aliphatic hydroxyl groups excluding tert-OH is 2. The fraction of sp³-hybridized carbons (Fsp3) is 0.404. The quantitative estimate of drug-likeness (QED) is 0.0288. The molecule has 2 heterocycles. The van der Waals surface area contributed by atoms with Crippen LogP contribution in [-0.2, 0) is 22.7 Å². The van der Waals surface area contributed by atoms with Crippen LogP contribution in [0.2, 0.25) is 0 Å². The Morgan fingerprint density at radius 3 is 2.22 bits per heavy atom. The van der Waals surface area contributed by atoms with Crippen molar-refractivity contribution in [3.63, 3.8) is 0 Å². The molecule has 4 aliphatic rings. The minimum atomic E-state index is -1.74. The van der Waals surface area contributed by atoms with Crippen molar-refractivity contribution < 1.29 is 62.9 Å². The van der Waals surface area contributed by atoms with Crippen LogP contribution in [0, 0.1) is 38.0 Å². The molecule has 6 unspecified atom stereocenters. The molecular formula is C52H57N5O15. The predicted octanol–water partition coefficient (Wildman–Crippen LogP) is 8.88. The number of nitrogens with one attached hydrogen (secondary N) is 1. The molecule has 0 spiro atoms. The minimum Gasteiger partial charge on any atom is -0.459 e. The van der Waals surface area contributed by atoms with Crippen molar-refractivity contribution in [3.8, 4) is 28.7 Å². The molecule has 8 rings (SSSR count). The Labute approximate surface area is 415 Å². The molecule has 2 aliphatic heterocycles. The van der Waals surface area contributed by atoms with Crippen molar-refractivity contribution in [3.05, 3.63) is 146 Å². The largest absolute Gasteiger partial charge is 0.459 e. The fourth-order valence-electron chi connectivity index (χ4n) is 10.2. The van der Waals surface area contributed by atoms with Crippen LogP contribution in [0.25, 0.3) is 0 Å². The highest BCUT2D eigenvalue weighted by Crippen LogP contribution is 2.62. The van der Waals surface area contributed by atoms with Crippen LogP contribution in [0.15, 0.2) is 114 Å². The summed E-state index contributed by atoms with van der Waals surface area (Å²) < 4.78 is 37.7. The number of allylic oxidation sites excluding steroid dienone is 1. The van der Waals surface area contributed by atoms with E-state index in [1.54, 1.807) is 61.5 Å². The smallest absolute Gasteiger partial charge is 0.416 e. The number of carbonyl (C=O) groups is 2. The molecular weight excluding hydrogens is 935 g/mol. The normalized spacial score (nSPS) is 21.8. The van der Waals surface area contributed by atoms with Crippen molar-refractivity contribution in [2.75, 3.05) is 33.2 Å². The Balaban J connectivity index is 1.34. The van der Waals surface area contributed by atoms with Gasteiger partial charge in [-0.05, 0) is 116 Å². The summed E-state index contributed by atoms with van der Waals surface area (Å²) in [6, 6.07) is 20.4. The number of oxime groups is 1. The molecule has 20 heteroatoms. The number of ether oxygens (including phenoxy) is 6.